The first-order valence-corrected chi connectivity index (χ1v) is 3.15. The standard InChI is InChI=1S/C3H8NO2P/c4-1-2-7-3(5)6/h7H,1-2,4H2,(H,5,6). The van der Waals surface area contributed by atoms with Gasteiger partial charge in [0.2, 0.25) is 0 Å². The van der Waals surface area contributed by atoms with Gasteiger partial charge in [-0.2, -0.15) is 0 Å². The Hall–Kier alpha value is -0.140. The Morgan fingerprint density at radius 1 is 1.86 bits per heavy atom. The lowest BCUT2D eigenvalue weighted by atomic mass is 10.8. The van der Waals surface area contributed by atoms with Gasteiger partial charge in [-0.05, 0) is 21.3 Å². The topological polar surface area (TPSA) is 63.3 Å². The number of hydrogen-bond donors (Lipinski definition) is 2. The first kappa shape index (κ1) is 6.86. The normalized spacial score (nSPS) is 10.4. The minimum atomic E-state index is -0.745. The molecule has 1 atom stereocenters. The fourth-order valence-corrected chi connectivity index (χ4v) is 0.537. The van der Waals surface area contributed by atoms with Crippen molar-refractivity contribution >= 4 is 14.3 Å². The fourth-order valence-electron chi connectivity index (χ4n) is 0.179. The van der Waals surface area contributed by atoms with Gasteiger partial charge in [-0.25, -0.2) is 4.79 Å². The minimum absolute atomic E-state index is 0.0197. The van der Waals surface area contributed by atoms with Crippen LogP contribution in [0.3, 0.4) is 0 Å². The molecule has 0 radical (unpaired) electrons. The largest absolute Gasteiger partial charge is 0.478 e. The number of carboxylic acid groups (broad SMARTS) is 1. The van der Waals surface area contributed by atoms with Crippen LogP contribution in [0.25, 0.3) is 0 Å². The van der Waals surface area contributed by atoms with Gasteiger partial charge in [-0.15, -0.1) is 0 Å². The van der Waals surface area contributed by atoms with E-state index in [1.165, 1.54) is 0 Å². The molecule has 0 heterocycles. The number of rotatable bonds is 3. The third kappa shape index (κ3) is 5.86. The van der Waals surface area contributed by atoms with Crippen LogP contribution in [0.1, 0.15) is 0 Å². The van der Waals surface area contributed by atoms with Crippen LogP contribution >= 0.6 is 8.58 Å². The van der Waals surface area contributed by atoms with Crippen LogP contribution in [-0.4, -0.2) is 23.5 Å². The van der Waals surface area contributed by atoms with Crippen LogP contribution in [0.5, 0.6) is 0 Å². The predicted molar refractivity (Wildman–Crippen MR) is 30.3 cm³/mol. The first-order valence-electron chi connectivity index (χ1n) is 1.94. The molecule has 0 spiro atoms. The fraction of sp³-hybridized carbons (Fsp3) is 0.667. The molecule has 0 aromatic heterocycles. The maximum absolute atomic E-state index is 9.71. The lowest BCUT2D eigenvalue weighted by Gasteiger charge is -1.86. The molecule has 0 saturated heterocycles. The van der Waals surface area contributed by atoms with Crippen molar-refractivity contribution in [1.29, 1.82) is 0 Å². The van der Waals surface area contributed by atoms with Gasteiger partial charge in [-0.3, -0.25) is 0 Å². The van der Waals surface area contributed by atoms with E-state index in [-0.39, 0.29) is 8.58 Å². The zero-order valence-corrected chi connectivity index (χ0v) is 4.85. The quantitative estimate of drug-likeness (QED) is 0.528. The average Bonchev–Trinajstić information content (AvgIpc) is 1.61. The minimum Gasteiger partial charge on any atom is -0.478 e. The summed E-state index contributed by atoms with van der Waals surface area (Å²) in [5.74, 6) is 0. The van der Waals surface area contributed by atoms with Gasteiger partial charge in [-0.1, -0.05) is 0 Å². The molecule has 7 heavy (non-hydrogen) atoms. The molecule has 0 rings (SSSR count). The van der Waals surface area contributed by atoms with Crippen LogP contribution in [0.15, 0.2) is 0 Å². The van der Waals surface area contributed by atoms with Crippen molar-refractivity contribution in [3.63, 3.8) is 0 Å². The zero-order valence-electron chi connectivity index (χ0n) is 3.85. The van der Waals surface area contributed by atoms with E-state index in [4.69, 9.17) is 10.8 Å². The smallest absolute Gasteiger partial charge is 0.320 e. The molecular weight excluding hydrogens is 113 g/mol. The molecule has 0 fully saturated rings. The number of nitrogens with two attached hydrogens (primary N) is 1. The molecule has 0 aliphatic carbocycles. The van der Waals surface area contributed by atoms with Crippen LogP contribution in [0, 0.1) is 0 Å². The van der Waals surface area contributed by atoms with E-state index in [0.717, 1.165) is 0 Å². The van der Waals surface area contributed by atoms with Crippen molar-refractivity contribution in [3.05, 3.63) is 0 Å². The van der Waals surface area contributed by atoms with Gasteiger partial charge in [0.1, 0.15) is 0 Å². The zero-order chi connectivity index (χ0) is 5.70. The van der Waals surface area contributed by atoms with Gasteiger partial charge in [0, 0.05) is 0 Å². The monoisotopic (exact) mass is 121 g/mol. The van der Waals surface area contributed by atoms with Crippen molar-refractivity contribution in [2.24, 2.45) is 5.73 Å². The molecule has 42 valence electrons. The summed E-state index contributed by atoms with van der Waals surface area (Å²) in [6.45, 7) is 0.477. The third-order valence-electron chi connectivity index (χ3n) is 0.421. The Morgan fingerprint density at radius 3 is 2.57 bits per heavy atom. The molecule has 0 aromatic rings. The van der Waals surface area contributed by atoms with Gasteiger partial charge in [0.05, 0.1) is 0 Å². The second-order valence-corrected chi connectivity index (χ2v) is 2.30. The lowest BCUT2D eigenvalue weighted by Crippen LogP contribution is -2.01. The van der Waals surface area contributed by atoms with Gasteiger partial charge < -0.3 is 10.8 Å². The van der Waals surface area contributed by atoms with Gasteiger partial charge in [0.25, 0.3) is 0 Å². The van der Waals surface area contributed by atoms with Crippen molar-refractivity contribution < 1.29 is 9.90 Å². The summed E-state index contributed by atoms with van der Waals surface area (Å²) >= 11 is 0. The van der Waals surface area contributed by atoms with E-state index >= 15 is 0 Å². The maximum Gasteiger partial charge on any atom is 0.320 e. The second-order valence-electron chi connectivity index (χ2n) is 1.02. The van der Waals surface area contributed by atoms with E-state index in [1.807, 2.05) is 0 Å². The molecule has 0 saturated carbocycles. The highest BCUT2D eigenvalue weighted by Crippen LogP contribution is 2.06. The second kappa shape index (κ2) is 4.03. The van der Waals surface area contributed by atoms with Crippen LogP contribution in [-0.2, 0) is 0 Å². The lowest BCUT2D eigenvalue weighted by molar-refractivity contribution is 0.221. The summed E-state index contributed by atoms with van der Waals surface area (Å²) in [7, 11) is -0.0197. The van der Waals surface area contributed by atoms with E-state index in [1.54, 1.807) is 0 Å². The van der Waals surface area contributed by atoms with E-state index < -0.39 is 5.71 Å². The predicted octanol–water partition coefficient (Wildman–Crippen LogP) is 0.302. The summed E-state index contributed by atoms with van der Waals surface area (Å²) < 4.78 is 0. The van der Waals surface area contributed by atoms with Crippen LogP contribution in [0.4, 0.5) is 4.79 Å². The molecule has 1 unspecified atom stereocenters. The van der Waals surface area contributed by atoms with Crippen molar-refractivity contribution in [1.82, 2.24) is 0 Å². The summed E-state index contributed by atoms with van der Waals surface area (Å²) in [6.07, 6.45) is 0.606. The molecule has 3 N–H and O–H groups in total. The molecule has 0 amide bonds. The van der Waals surface area contributed by atoms with E-state index in [9.17, 15) is 4.79 Å². The van der Waals surface area contributed by atoms with Crippen LogP contribution < -0.4 is 5.73 Å². The van der Waals surface area contributed by atoms with Crippen molar-refractivity contribution in [3.8, 4) is 0 Å². The van der Waals surface area contributed by atoms with Crippen molar-refractivity contribution in [2.45, 2.75) is 0 Å². The molecule has 0 bridgehead atoms. The van der Waals surface area contributed by atoms with Gasteiger partial charge >= 0.3 is 5.71 Å². The van der Waals surface area contributed by atoms with E-state index in [2.05, 4.69) is 0 Å². The number of hydrogen-bond acceptors (Lipinski definition) is 2. The highest BCUT2D eigenvalue weighted by Gasteiger charge is 1.90. The van der Waals surface area contributed by atoms with Crippen LogP contribution in [0.2, 0.25) is 0 Å². The Kier molecular flexibility index (Phi) is 3.95. The van der Waals surface area contributed by atoms with Gasteiger partial charge in [0.15, 0.2) is 0 Å². The Labute approximate surface area is 43.7 Å². The Balaban J connectivity index is 2.82. The summed E-state index contributed by atoms with van der Waals surface area (Å²) in [5.41, 5.74) is 4.28. The Bertz CT molecular complexity index is 66.0. The maximum atomic E-state index is 9.71. The summed E-state index contributed by atoms with van der Waals surface area (Å²) in [5, 5.41) is 8.00. The molecule has 4 heteroatoms. The summed E-state index contributed by atoms with van der Waals surface area (Å²) in [4.78, 5) is 9.71. The van der Waals surface area contributed by atoms with E-state index in [0.29, 0.717) is 12.7 Å². The molecule has 0 aromatic carbocycles. The average molecular weight is 121 g/mol. The third-order valence-corrected chi connectivity index (χ3v) is 1.26. The first-order chi connectivity index (χ1) is 3.27. The highest BCUT2D eigenvalue weighted by atomic mass is 31.1. The molecule has 3 nitrogen and oxygen atoms in total. The Morgan fingerprint density at radius 2 is 2.43 bits per heavy atom. The van der Waals surface area contributed by atoms with Crippen molar-refractivity contribution in [2.75, 3.05) is 12.7 Å². The molecule has 0 aliphatic rings. The highest BCUT2D eigenvalue weighted by molar-refractivity contribution is 7.57. The summed E-state index contributed by atoms with van der Waals surface area (Å²) in [6, 6.07) is 0. The SMILES string of the molecule is NCCPC(=O)O. The molecule has 0 aliphatic heterocycles. The molecular formula is C3H8NO2P. The number of carbonyl (C=O) groups is 1.